The average Bonchev–Trinajstić information content (AvgIpc) is 2.38. The first kappa shape index (κ1) is 14.7. The lowest BCUT2D eigenvalue weighted by Gasteiger charge is -2.33. The lowest BCUT2D eigenvalue weighted by Crippen LogP contribution is -2.34. The molecule has 1 aromatic carbocycles. The summed E-state index contributed by atoms with van der Waals surface area (Å²) in [6.45, 7) is 4.08. The van der Waals surface area contributed by atoms with Crippen LogP contribution in [0.2, 0.25) is 0 Å². The zero-order valence-corrected chi connectivity index (χ0v) is 12.5. The van der Waals surface area contributed by atoms with Crippen LogP contribution in [-0.4, -0.2) is 27.8 Å². The van der Waals surface area contributed by atoms with Crippen LogP contribution < -0.4 is 4.90 Å². The van der Waals surface area contributed by atoms with E-state index in [0.29, 0.717) is 5.92 Å². The third kappa shape index (κ3) is 3.23. The molecule has 108 valence electrons. The molecule has 0 aromatic heterocycles. The summed E-state index contributed by atoms with van der Waals surface area (Å²) in [6, 6.07) is 4.97. The second-order valence-corrected chi connectivity index (χ2v) is 7.29. The van der Waals surface area contributed by atoms with Crippen molar-refractivity contribution >= 4 is 21.2 Å². The predicted molar refractivity (Wildman–Crippen MR) is 79.0 cm³/mol. The minimum atomic E-state index is -3.40. The van der Waals surface area contributed by atoms with Crippen molar-refractivity contribution in [2.24, 2.45) is 11.0 Å². The lowest BCUT2D eigenvalue weighted by molar-refractivity contribution is 0.447. The van der Waals surface area contributed by atoms with E-state index in [2.05, 4.69) is 21.8 Å². The van der Waals surface area contributed by atoms with Crippen molar-refractivity contribution in [2.45, 2.75) is 24.7 Å². The maximum atomic E-state index is 11.7. The second-order valence-electron chi connectivity index (χ2n) is 5.31. The molecule has 2 rings (SSSR count). The number of hydrogen-bond acceptors (Lipinski definition) is 4. The van der Waals surface area contributed by atoms with Gasteiger partial charge in [-0.05, 0) is 42.5 Å². The Balaban J connectivity index is 2.42. The van der Waals surface area contributed by atoms with Crippen LogP contribution in [0.3, 0.4) is 0 Å². The number of nitrogens with zero attached hydrogens (tertiary/aromatic N) is 4. The van der Waals surface area contributed by atoms with Gasteiger partial charge in [-0.1, -0.05) is 12.0 Å². The number of hydrogen-bond donors (Lipinski definition) is 0. The van der Waals surface area contributed by atoms with Crippen LogP contribution in [0.15, 0.2) is 28.2 Å². The second kappa shape index (κ2) is 5.73. The van der Waals surface area contributed by atoms with Gasteiger partial charge in [0, 0.05) is 29.9 Å². The average molecular weight is 294 g/mol. The summed E-state index contributed by atoms with van der Waals surface area (Å²) in [5.41, 5.74) is 9.68. The quantitative estimate of drug-likeness (QED) is 0.487. The van der Waals surface area contributed by atoms with Gasteiger partial charge >= 0.3 is 0 Å². The Morgan fingerprint density at radius 2 is 2.20 bits per heavy atom. The van der Waals surface area contributed by atoms with Crippen molar-refractivity contribution < 1.29 is 8.42 Å². The molecule has 7 heteroatoms. The van der Waals surface area contributed by atoms with Gasteiger partial charge in [-0.15, -0.1) is 0 Å². The molecule has 1 aliphatic rings. The minimum Gasteiger partial charge on any atom is -0.371 e. The summed E-state index contributed by atoms with van der Waals surface area (Å²) in [7, 11) is -3.40. The van der Waals surface area contributed by atoms with Crippen molar-refractivity contribution in [3.8, 4) is 0 Å². The SMILES string of the molecule is CC1CCCN(c2ccc(S(C)(=O)=O)c(N=[N+]=[N-])c2)C1. The van der Waals surface area contributed by atoms with Crippen LogP contribution in [0.25, 0.3) is 10.4 Å². The van der Waals surface area contributed by atoms with E-state index in [1.807, 2.05) is 0 Å². The van der Waals surface area contributed by atoms with Gasteiger partial charge in [0.05, 0.1) is 10.6 Å². The molecular formula is C13H18N4O2S. The molecule has 0 aliphatic carbocycles. The first-order valence-corrected chi connectivity index (χ1v) is 8.45. The molecule has 1 saturated heterocycles. The van der Waals surface area contributed by atoms with E-state index in [1.165, 1.54) is 12.5 Å². The Labute approximate surface area is 118 Å². The van der Waals surface area contributed by atoms with Gasteiger partial charge in [-0.25, -0.2) is 8.42 Å². The highest BCUT2D eigenvalue weighted by Gasteiger charge is 2.19. The molecule has 6 nitrogen and oxygen atoms in total. The standard InChI is InChI=1S/C13H18N4O2S/c1-10-4-3-7-17(9-10)11-5-6-13(20(2,18)19)12(8-11)15-16-14/h5-6,8,10H,3-4,7,9H2,1-2H3. The zero-order valence-electron chi connectivity index (χ0n) is 11.7. The van der Waals surface area contributed by atoms with Gasteiger partial charge in [0.1, 0.15) is 0 Å². The van der Waals surface area contributed by atoms with Gasteiger partial charge in [0.2, 0.25) is 0 Å². The van der Waals surface area contributed by atoms with E-state index in [-0.39, 0.29) is 10.6 Å². The summed E-state index contributed by atoms with van der Waals surface area (Å²) in [5.74, 6) is 0.612. The van der Waals surface area contributed by atoms with Crippen LogP contribution in [-0.2, 0) is 9.84 Å². The maximum absolute atomic E-state index is 11.7. The number of anilines is 1. The first-order chi connectivity index (χ1) is 9.41. The summed E-state index contributed by atoms with van der Waals surface area (Å²) in [6.07, 6.45) is 3.44. The summed E-state index contributed by atoms with van der Waals surface area (Å²) >= 11 is 0. The first-order valence-electron chi connectivity index (χ1n) is 6.56. The molecule has 20 heavy (non-hydrogen) atoms. The van der Waals surface area contributed by atoms with E-state index < -0.39 is 9.84 Å². The molecule has 0 spiro atoms. The fourth-order valence-corrected chi connectivity index (χ4v) is 3.36. The fraction of sp³-hybridized carbons (Fsp3) is 0.538. The van der Waals surface area contributed by atoms with E-state index in [9.17, 15) is 8.42 Å². The predicted octanol–water partition coefficient (Wildman–Crippen LogP) is 3.27. The van der Waals surface area contributed by atoms with Crippen LogP contribution in [0.1, 0.15) is 19.8 Å². The van der Waals surface area contributed by atoms with Gasteiger partial charge < -0.3 is 4.90 Å². The maximum Gasteiger partial charge on any atom is 0.175 e. The molecule has 0 radical (unpaired) electrons. The van der Waals surface area contributed by atoms with Gasteiger partial charge in [0.25, 0.3) is 0 Å². The lowest BCUT2D eigenvalue weighted by atomic mass is 10.00. The zero-order chi connectivity index (χ0) is 14.8. The Kier molecular flexibility index (Phi) is 4.20. The molecule has 0 amide bonds. The number of sulfone groups is 1. The molecule has 1 aromatic rings. The van der Waals surface area contributed by atoms with E-state index in [4.69, 9.17) is 5.53 Å². The van der Waals surface area contributed by atoms with Gasteiger partial charge in [-0.3, -0.25) is 0 Å². The highest BCUT2D eigenvalue weighted by atomic mass is 32.2. The van der Waals surface area contributed by atoms with E-state index in [1.54, 1.807) is 12.1 Å². The molecule has 0 N–H and O–H groups in total. The molecule has 0 saturated carbocycles. The van der Waals surface area contributed by atoms with Gasteiger partial charge in [0.15, 0.2) is 9.84 Å². The molecule has 1 heterocycles. The van der Waals surface area contributed by atoms with Crippen molar-refractivity contribution in [1.29, 1.82) is 0 Å². The van der Waals surface area contributed by atoms with Crippen LogP contribution >= 0.6 is 0 Å². The monoisotopic (exact) mass is 294 g/mol. The highest BCUT2D eigenvalue weighted by molar-refractivity contribution is 7.90. The Morgan fingerprint density at radius 3 is 2.80 bits per heavy atom. The number of azide groups is 1. The normalized spacial score (nSPS) is 19.5. The smallest absolute Gasteiger partial charge is 0.175 e. The Bertz CT molecular complexity index is 650. The fourth-order valence-electron chi connectivity index (χ4n) is 2.57. The summed E-state index contributed by atoms with van der Waals surface area (Å²) in [5, 5.41) is 3.52. The molecular weight excluding hydrogens is 276 g/mol. The number of rotatable bonds is 3. The highest BCUT2D eigenvalue weighted by Crippen LogP contribution is 2.31. The number of piperidine rings is 1. The van der Waals surface area contributed by atoms with Crippen molar-refractivity contribution in [1.82, 2.24) is 0 Å². The summed E-state index contributed by atoms with van der Waals surface area (Å²) in [4.78, 5) is 5.00. The minimum absolute atomic E-state index is 0.0732. The third-order valence-electron chi connectivity index (χ3n) is 3.52. The molecule has 1 unspecified atom stereocenters. The van der Waals surface area contributed by atoms with Gasteiger partial charge in [-0.2, -0.15) is 0 Å². The molecule has 1 aliphatic heterocycles. The molecule has 0 bridgehead atoms. The third-order valence-corrected chi connectivity index (χ3v) is 4.66. The largest absolute Gasteiger partial charge is 0.371 e. The van der Waals surface area contributed by atoms with Crippen molar-refractivity contribution in [2.75, 3.05) is 24.2 Å². The summed E-state index contributed by atoms with van der Waals surface area (Å²) < 4.78 is 23.3. The number of benzene rings is 1. The topological polar surface area (TPSA) is 86.1 Å². The van der Waals surface area contributed by atoms with Crippen molar-refractivity contribution in [3.63, 3.8) is 0 Å². The van der Waals surface area contributed by atoms with Crippen molar-refractivity contribution in [3.05, 3.63) is 28.6 Å². The van der Waals surface area contributed by atoms with Crippen LogP contribution in [0, 0.1) is 5.92 Å². The molecule has 1 fully saturated rings. The Hall–Kier alpha value is -1.72. The van der Waals surface area contributed by atoms with Crippen LogP contribution in [0.4, 0.5) is 11.4 Å². The van der Waals surface area contributed by atoms with E-state index in [0.717, 1.165) is 31.5 Å². The Morgan fingerprint density at radius 1 is 1.45 bits per heavy atom. The molecule has 1 atom stereocenters. The van der Waals surface area contributed by atoms with E-state index >= 15 is 0 Å². The van der Waals surface area contributed by atoms with Crippen LogP contribution in [0.5, 0.6) is 0 Å².